The van der Waals surface area contributed by atoms with Gasteiger partial charge in [-0.15, -0.1) is 0 Å². The molecule has 0 bridgehead atoms. The van der Waals surface area contributed by atoms with Gasteiger partial charge in [-0.05, 0) is 26.7 Å². The molecule has 2 atom stereocenters. The van der Waals surface area contributed by atoms with Crippen molar-refractivity contribution in [2.24, 2.45) is 0 Å². The van der Waals surface area contributed by atoms with Crippen molar-refractivity contribution in [1.29, 1.82) is 0 Å². The second kappa shape index (κ2) is 13.4. The Bertz CT molecular complexity index is 526. The molecular weight excluding hydrogens is 368 g/mol. The van der Waals surface area contributed by atoms with Crippen LogP contribution >= 0.6 is 0 Å². The van der Waals surface area contributed by atoms with Crippen LogP contribution in [0.2, 0.25) is 0 Å². The zero-order valence-corrected chi connectivity index (χ0v) is 16.9. The van der Waals surface area contributed by atoms with Gasteiger partial charge >= 0.3 is 11.9 Å². The highest BCUT2D eigenvalue weighted by Crippen LogP contribution is 2.19. The minimum absolute atomic E-state index is 0.0667. The predicted molar refractivity (Wildman–Crippen MR) is 103 cm³/mol. The molecule has 162 valence electrons. The molecule has 0 radical (unpaired) electrons. The van der Waals surface area contributed by atoms with Crippen LogP contribution in [0.3, 0.4) is 0 Å². The molecular formula is C20H34O8. The summed E-state index contributed by atoms with van der Waals surface area (Å²) in [5.41, 5.74) is 0.480. The Morgan fingerprint density at radius 2 is 1.32 bits per heavy atom. The second-order valence-electron chi connectivity index (χ2n) is 7.20. The summed E-state index contributed by atoms with van der Waals surface area (Å²) in [5.74, 6) is -3.22. The average molecular weight is 402 g/mol. The molecule has 28 heavy (non-hydrogen) atoms. The Morgan fingerprint density at radius 1 is 0.857 bits per heavy atom. The lowest BCUT2D eigenvalue weighted by Crippen LogP contribution is -2.35. The molecule has 0 saturated carbocycles. The first-order valence-electron chi connectivity index (χ1n) is 9.40. The van der Waals surface area contributed by atoms with Crippen molar-refractivity contribution in [2.75, 3.05) is 13.2 Å². The van der Waals surface area contributed by atoms with E-state index in [1.807, 2.05) is 0 Å². The first-order chi connectivity index (χ1) is 12.9. The van der Waals surface area contributed by atoms with E-state index in [9.17, 15) is 30.0 Å². The van der Waals surface area contributed by atoms with Crippen LogP contribution in [0.25, 0.3) is 0 Å². The Kier molecular flexibility index (Phi) is 12.6. The fraction of sp³-hybridized carbons (Fsp3) is 0.700. The normalized spacial score (nSPS) is 13.5. The first kappa shape index (κ1) is 26.3. The number of carbonyl (C=O) groups is 2. The molecule has 0 aliphatic rings. The second-order valence-corrected chi connectivity index (χ2v) is 7.20. The van der Waals surface area contributed by atoms with Gasteiger partial charge in [0, 0.05) is 24.0 Å². The summed E-state index contributed by atoms with van der Waals surface area (Å²) in [6.07, 6.45) is 0.981. The zero-order chi connectivity index (χ0) is 21.7. The van der Waals surface area contributed by atoms with E-state index in [4.69, 9.17) is 9.47 Å². The quantitative estimate of drug-likeness (QED) is 0.140. The van der Waals surface area contributed by atoms with Crippen LogP contribution in [0.1, 0.15) is 58.8 Å². The monoisotopic (exact) mass is 402 g/mol. The van der Waals surface area contributed by atoms with Crippen molar-refractivity contribution in [3.05, 3.63) is 24.3 Å². The molecule has 0 fully saturated rings. The Morgan fingerprint density at radius 3 is 1.82 bits per heavy atom. The van der Waals surface area contributed by atoms with Crippen LogP contribution in [0.5, 0.6) is 0 Å². The molecule has 0 aliphatic heterocycles. The number of hydrogen-bond acceptors (Lipinski definition) is 8. The van der Waals surface area contributed by atoms with E-state index in [-0.39, 0.29) is 37.2 Å². The van der Waals surface area contributed by atoms with Gasteiger partial charge in [-0.1, -0.05) is 32.4 Å². The molecule has 0 spiro atoms. The summed E-state index contributed by atoms with van der Waals surface area (Å²) in [4.78, 5) is 22.4. The SMILES string of the molecule is C=C(C)C(=O)OCC(O)CCCCCCC(O)(O)CC(O)COC(=O)C(=C)C. The molecule has 0 heterocycles. The topological polar surface area (TPSA) is 134 Å². The highest BCUT2D eigenvalue weighted by molar-refractivity contribution is 5.87. The van der Waals surface area contributed by atoms with Crippen LogP contribution in [0, 0.1) is 0 Å². The summed E-state index contributed by atoms with van der Waals surface area (Å²) < 4.78 is 9.63. The number of ether oxygens (including phenoxy) is 2. The van der Waals surface area contributed by atoms with E-state index in [0.717, 1.165) is 6.42 Å². The van der Waals surface area contributed by atoms with Gasteiger partial charge in [-0.3, -0.25) is 0 Å². The fourth-order valence-electron chi connectivity index (χ4n) is 2.35. The Balaban J connectivity index is 3.85. The van der Waals surface area contributed by atoms with Crippen LogP contribution in [0.4, 0.5) is 0 Å². The van der Waals surface area contributed by atoms with Gasteiger partial charge in [0.25, 0.3) is 0 Å². The van der Waals surface area contributed by atoms with Crippen LogP contribution in [-0.4, -0.2) is 63.6 Å². The van der Waals surface area contributed by atoms with Crippen molar-refractivity contribution in [1.82, 2.24) is 0 Å². The summed E-state index contributed by atoms with van der Waals surface area (Å²) in [6.45, 7) is 9.47. The third kappa shape index (κ3) is 13.4. The lowest BCUT2D eigenvalue weighted by atomic mass is 10.00. The Labute approximate surface area is 166 Å². The van der Waals surface area contributed by atoms with Crippen molar-refractivity contribution < 1.29 is 39.5 Å². The van der Waals surface area contributed by atoms with Gasteiger partial charge in [0.05, 0.1) is 12.2 Å². The zero-order valence-electron chi connectivity index (χ0n) is 16.9. The minimum Gasteiger partial charge on any atom is -0.460 e. The number of unbranched alkanes of at least 4 members (excludes halogenated alkanes) is 3. The Hall–Kier alpha value is -1.74. The van der Waals surface area contributed by atoms with Gasteiger partial charge in [0.15, 0.2) is 5.79 Å². The molecule has 8 nitrogen and oxygen atoms in total. The van der Waals surface area contributed by atoms with Gasteiger partial charge in [0.2, 0.25) is 0 Å². The van der Waals surface area contributed by atoms with Gasteiger partial charge in [-0.25, -0.2) is 9.59 Å². The molecule has 0 aromatic carbocycles. The van der Waals surface area contributed by atoms with E-state index >= 15 is 0 Å². The van der Waals surface area contributed by atoms with Gasteiger partial charge in [0.1, 0.15) is 13.2 Å². The van der Waals surface area contributed by atoms with Gasteiger partial charge in [-0.2, -0.15) is 0 Å². The van der Waals surface area contributed by atoms with Gasteiger partial charge < -0.3 is 29.9 Å². The van der Waals surface area contributed by atoms with E-state index in [1.54, 1.807) is 0 Å². The third-order valence-corrected chi connectivity index (χ3v) is 3.94. The maximum Gasteiger partial charge on any atom is 0.333 e. The lowest BCUT2D eigenvalue weighted by Gasteiger charge is -2.24. The molecule has 2 unspecified atom stereocenters. The highest BCUT2D eigenvalue weighted by atomic mass is 16.5. The summed E-state index contributed by atoms with van der Waals surface area (Å²) in [5, 5.41) is 39.3. The van der Waals surface area contributed by atoms with Crippen LogP contribution in [-0.2, 0) is 19.1 Å². The number of rotatable bonds is 15. The molecule has 0 aromatic rings. The molecule has 0 saturated heterocycles. The summed E-state index contributed by atoms with van der Waals surface area (Å²) >= 11 is 0. The van der Waals surface area contributed by atoms with Crippen molar-refractivity contribution in [2.45, 2.75) is 76.8 Å². The van der Waals surface area contributed by atoms with E-state index < -0.39 is 29.9 Å². The third-order valence-electron chi connectivity index (χ3n) is 3.94. The summed E-state index contributed by atoms with van der Waals surface area (Å²) in [7, 11) is 0. The number of aliphatic hydroxyl groups excluding tert-OH is 2. The smallest absolute Gasteiger partial charge is 0.333 e. The maximum absolute atomic E-state index is 11.2. The average Bonchev–Trinajstić information content (AvgIpc) is 2.59. The standard InChI is InChI=1S/C20H34O8/c1-14(2)18(23)27-12-16(21)9-7-5-6-8-10-20(25,26)11-17(22)13-28-19(24)15(3)4/h16-17,21-22,25-26H,1,3,5-13H2,2,4H3. The van der Waals surface area contributed by atoms with E-state index in [2.05, 4.69) is 13.2 Å². The van der Waals surface area contributed by atoms with Crippen LogP contribution in [0.15, 0.2) is 24.3 Å². The summed E-state index contributed by atoms with van der Waals surface area (Å²) in [6, 6.07) is 0. The number of carbonyl (C=O) groups excluding carboxylic acids is 2. The molecule has 4 N–H and O–H groups in total. The fourth-order valence-corrected chi connectivity index (χ4v) is 2.35. The number of esters is 2. The highest BCUT2D eigenvalue weighted by Gasteiger charge is 2.27. The maximum atomic E-state index is 11.2. The van der Waals surface area contributed by atoms with Crippen molar-refractivity contribution >= 4 is 11.9 Å². The minimum atomic E-state index is -2.05. The molecule has 0 aromatic heterocycles. The molecule has 8 heteroatoms. The van der Waals surface area contributed by atoms with E-state index in [1.165, 1.54) is 13.8 Å². The largest absolute Gasteiger partial charge is 0.460 e. The van der Waals surface area contributed by atoms with Crippen molar-refractivity contribution in [3.8, 4) is 0 Å². The predicted octanol–water partition coefficient (Wildman–Crippen LogP) is 1.36. The lowest BCUT2D eigenvalue weighted by molar-refractivity contribution is -0.191. The molecule has 0 amide bonds. The van der Waals surface area contributed by atoms with E-state index in [0.29, 0.717) is 25.7 Å². The van der Waals surface area contributed by atoms with Crippen LogP contribution < -0.4 is 0 Å². The number of hydrogen-bond donors (Lipinski definition) is 4. The first-order valence-corrected chi connectivity index (χ1v) is 9.40. The number of aliphatic hydroxyl groups is 4. The molecule has 0 rings (SSSR count). The molecule has 0 aliphatic carbocycles. The van der Waals surface area contributed by atoms with Crippen molar-refractivity contribution in [3.63, 3.8) is 0 Å².